The number of ether oxygens (including phenoxy) is 2. The molecule has 0 spiro atoms. The molecule has 4 nitrogen and oxygen atoms in total. The molecular weight excluding hydrogens is 310 g/mol. The van der Waals surface area contributed by atoms with Gasteiger partial charge in [-0.25, -0.2) is 0 Å². The summed E-state index contributed by atoms with van der Waals surface area (Å²) in [6.45, 7) is 5.40. The summed E-state index contributed by atoms with van der Waals surface area (Å²) in [7, 11) is 1.68. The van der Waals surface area contributed by atoms with Crippen molar-refractivity contribution >= 4 is 15.9 Å². The molecule has 1 rings (SSSR count). The molecule has 0 saturated carbocycles. The minimum Gasteiger partial charge on any atom is -0.491 e. The quantitative estimate of drug-likeness (QED) is 0.766. The number of nitrogens with one attached hydrogen (secondary N) is 1. The number of rotatable bonds is 8. The number of aliphatic hydroxyl groups excluding tert-OH is 1. The molecule has 2 N–H and O–H groups in total. The Kier molecular flexibility index (Phi) is 6.79. The van der Waals surface area contributed by atoms with Crippen LogP contribution in [0.15, 0.2) is 28.7 Å². The molecule has 0 aliphatic carbocycles. The molecule has 0 bridgehead atoms. The zero-order valence-corrected chi connectivity index (χ0v) is 13.2. The van der Waals surface area contributed by atoms with E-state index in [-0.39, 0.29) is 12.2 Å². The summed E-state index contributed by atoms with van der Waals surface area (Å²) in [4.78, 5) is 0. The summed E-state index contributed by atoms with van der Waals surface area (Å²) in [6, 6.07) is 7.53. The Bertz CT molecular complexity index is 367. The second-order valence-corrected chi connectivity index (χ2v) is 5.93. The van der Waals surface area contributed by atoms with Gasteiger partial charge in [-0.2, -0.15) is 0 Å². The maximum atomic E-state index is 9.80. The van der Waals surface area contributed by atoms with E-state index < -0.39 is 6.10 Å². The number of hydrogen-bond donors (Lipinski definition) is 2. The first-order valence-electron chi connectivity index (χ1n) is 6.25. The fraction of sp³-hybridized carbons (Fsp3) is 0.571. The minimum atomic E-state index is -0.545. The van der Waals surface area contributed by atoms with E-state index in [4.69, 9.17) is 9.47 Å². The van der Waals surface area contributed by atoms with Gasteiger partial charge in [0.2, 0.25) is 0 Å². The molecule has 0 amide bonds. The van der Waals surface area contributed by atoms with Crippen LogP contribution < -0.4 is 10.1 Å². The van der Waals surface area contributed by atoms with Crippen molar-refractivity contribution in [3.8, 4) is 5.75 Å². The van der Waals surface area contributed by atoms with Crippen molar-refractivity contribution in [1.82, 2.24) is 5.32 Å². The number of aliphatic hydroxyl groups is 1. The first-order valence-corrected chi connectivity index (χ1v) is 7.04. The van der Waals surface area contributed by atoms with Crippen LogP contribution in [-0.2, 0) is 4.74 Å². The normalized spacial score (nSPS) is 13.3. The maximum absolute atomic E-state index is 9.80. The van der Waals surface area contributed by atoms with Gasteiger partial charge in [-0.05, 0) is 38.1 Å². The largest absolute Gasteiger partial charge is 0.491 e. The Hall–Kier alpha value is -0.620. The molecule has 19 heavy (non-hydrogen) atoms. The van der Waals surface area contributed by atoms with Crippen molar-refractivity contribution in [3.63, 3.8) is 0 Å². The van der Waals surface area contributed by atoms with Gasteiger partial charge in [-0.3, -0.25) is 0 Å². The lowest BCUT2D eigenvalue weighted by Gasteiger charge is -2.24. The minimum absolute atomic E-state index is 0.230. The zero-order valence-electron chi connectivity index (χ0n) is 11.6. The Morgan fingerprint density at radius 1 is 1.32 bits per heavy atom. The van der Waals surface area contributed by atoms with Crippen LogP contribution in [0.5, 0.6) is 5.75 Å². The van der Waals surface area contributed by atoms with Crippen molar-refractivity contribution in [2.24, 2.45) is 0 Å². The Morgan fingerprint density at radius 3 is 2.53 bits per heavy atom. The van der Waals surface area contributed by atoms with E-state index >= 15 is 0 Å². The zero-order chi connectivity index (χ0) is 14.3. The predicted octanol–water partition coefficient (Wildman–Crippen LogP) is 2.20. The van der Waals surface area contributed by atoms with Crippen LogP contribution in [0, 0.1) is 0 Å². The van der Waals surface area contributed by atoms with Gasteiger partial charge in [0, 0.05) is 24.7 Å². The lowest BCUT2D eigenvalue weighted by atomic mass is 10.1. The Labute approximate surface area is 123 Å². The third-order valence-corrected chi connectivity index (χ3v) is 3.27. The SMILES string of the molecule is COC(C)(C)CNCC(O)COc1ccc(Br)cc1. The Balaban J connectivity index is 2.21. The highest BCUT2D eigenvalue weighted by Gasteiger charge is 2.16. The molecule has 0 radical (unpaired) electrons. The van der Waals surface area contributed by atoms with Crippen molar-refractivity contribution in [2.45, 2.75) is 25.6 Å². The van der Waals surface area contributed by atoms with Crippen molar-refractivity contribution < 1.29 is 14.6 Å². The van der Waals surface area contributed by atoms with Gasteiger partial charge in [0.25, 0.3) is 0 Å². The fourth-order valence-electron chi connectivity index (χ4n) is 1.39. The highest BCUT2D eigenvalue weighted by atomic mass is 79.9. The van der Waals surface area contributed by atoms with E-state index in [0.29, 0.717) is 13.1 Å². The van der Waals surface area contributed by atoms with E-state index in [1.165, 1.54) is 0 Å². The molecular formula is C14H22BrNO3. The molecule has 0 fully saturated rings. The summed E-state index contributed by atoms with van der Waals surface area (Å²) >= 11 is 3.36. The van der Waals surface area contributed by atoms with Crippen LogP contribution in [0.25, 0.3) is 0 Å². The smallest absolute Gasteiger partial charge is 0.119 e. The van der Waals surface area contributed by atoms with E-state index in [0.717, 1.165) is 10.2 Å². The van der Waals surface area contributed by atoms with Crippen LogP contribution >= 0.6 is 15.9 Å². The highest BCUT2D eigenvalue weighted by molar-refractivity contribution is 9.10. The molecule has 0 saturated heterocycles. The van der Waals surface area contributed by atoms with Gasteiger partial charge in [-0.15, -0.1) is 0 Å². The molecule has 0 heterocycles. The fourth-order valence-corrected chi connectivity index (χ4v) is 1.66. The standard InChI is InChI=1S/C14H22BrNO3/c1-14(2,18-3)10-16-8-12(17)9-19-13-6-4-11(15)5-7-13/h4-7,12,16-17H,8-10H2,1-3H3. The van der Waals surface area contributed by atoms with Crippen molar-refractivity contribution in [2.75, 3.05) is 26.8 Å². The molecule has 0 aromatic heterocycles. The molecule has 1 aromatic carbocycles. The predicted molar refractivity (Wildman–Crippen MR) is 79.6 cm³/mol. The number of hydrogen-bond acceptors (Lipinski definition) is 4. The molecule has 0 aliphatic rings. The van der Waals surface area contributed by atoms with Gasteiger partial charge >= 0.3 is 0 Å². The topological polar surface area (TPSA) is 50.7 Å². The van der Waals surface area contributed by atoms with Gasteiger partial charge in [-0.1, -0.05) is 15.9 Å². The van der Waals surface area contributed by atoms with Gasteiger partial charge < -0.3 is 19.9 Å². The summed E-state index contributed by atoms with van der Waals surface area (Å²) in [6.07, 6.45) is -0.545. The summed E-state index contributed by atoms with van der Waals surface area (Å²) in [5, 5.41) is 13.0. The van der Waals surface area contributed by atoms with Gasteiger partial charge in [0.1, 0.15) is 18.5 Å². The van der Waals surface area contributed by atoms with Gasteiger partial charge in [0.05, 0.1) is 5.60 Å². The van der Waals surface area contributed by atoms with Crippen LogP contribution in [0.4, 0.5) is 0 Å². The van der Waals surface area contributed by atoms with E-state index in [2.05, 4.69) is 21.2 Å². The molecule has 5 heteroatoms. The lowest BCUT2D eigenvalue weighted by molar-refractivity contribution is 0.0191. The Morgan fingerprint density at radius 2 is 1.95 bits per heavy atom. The molecule has 1 unspecified atom stereocenters. The summed E-state index contributed by atoms with van der Waals surface area (Å²) in [5.41, 5.74) is -0.230. The second-order valence-electron chi connectivity index (χ2n) is 5.01. The lowest BCUT2D eigenvalue weighted by Crippen LogP contribution is -2.41. The number of methoxy groups -OCH3 is 1. The number of benzene rings is 1. The molecule has 1 aromatic rings. The van der Waals surface area contributed by atoms with Crippen LogP contribution in [0.2, 0.25) is 0 Å². The van der Waals surface area contributed by atoms with Crippen molar-refractivity contribution in [1.29, 1.82) is 0 Å². The number of halogens is 1. The second kappa shape index (κ2) is 7.85. The summed E-state index contributed by atoms with van der Waals surface area (Å²) in [5.74, 6) is 0.750. The van der Waals surface area contributed by atoms with Crippen LogP contribution in [-0.4, -0.2) is 43.6 Å². The first kappa shape index (κ1) is 16.4. The van der Waals surface area contributed by atoms with Crippen LogP contribution in [0.1, 0.15) is 13.8 Å². The monoisotopic (exact) mass is 331 g/mol. The third kappa shape index (κ3) is 6.92. The molecule has 108 valence electrons. The molecule has 1 atom stereocenters. The van der Waals surface area contributed by atoms with Crippen LogP contribution in [0.3, 0.4) is 0 Å². The van der Waals surface area contributed by atoms with Gasteiger partial charge in [0.15, 0.2) is 0 Å². The first-order chi connectivity index (χ1) is 8.93. The highest BCUT2D eigenvalue weighted by Crippen LogP contribution is 2.16. The van der Waals surface area contributed by atoms with E-state index in [1.54, 1.807) is 7.11 Å². The van der Waals surface area contributed by atoms with Crippen molar-refractivity contribution in [3.05, 3.63) is 28.7 Å². The molecule has 0 aliphatic heterocycles. The van der Waals surface area contributed by atoms with E-state index in [9.17, 15) is 5.11 Å². The summed E-state index contributed by atoms with van der Waals surface area (Å²) < 4.78 is 11.8. The van der Waals surface area contributed by atoms with E-state index in [1.807, 2.05) is 38.1 Å². The maximum Gasteiger partial charge on any atom is 0.119 e. The average molecular weight is 332 g/mol. The third-order valence-electron chi connectivity index (χ3n) is 2.74. The average Bonchev–Trinajstić information content (AvgIpc) is 2.38.